The Hall–Kier alpha value is -1.78. The highest BCUT2D eigenvalue weighted by Crippen LogP contribution is 2.27. The van der Waals surface area contributed by atoms with Crippen LogP contribution in [-0.2, 0) is 16.4 Å². The first-order chi connectivity index (χ1) is 12.9. The molecule has 2 rings (SSSR count). The molecular formula is C17H14BrClF3NO4S. The van der Waals surface area contributed by atoms with Crippen LogP contribution in [-0.4, -0.2) is 26.4 Å². The van der Waals surface area contributed by atoms with Crippen molar-refractivity contribution >= 4 is 43.3 Å². The van der Waals surface area contributed by atoms with Gasteiger partial charge in [-0.1, -0.05) is 34.5 Å². The number of benzene rings is 2. The normalized spacial score (nSPS) is 11.9. The van der Waals surface area contributed by atoms with Crippen molar-refractivity contribution < 1.29 is 31.1 Å². The van der Waals surface area contributed by atoms with Crippen molar-refractivity contribution in [2.45, 2.75) is 24.7 Å². The van der Waals surface area contributed by atoms with E-state index in [1.54, 1.807) is 12.1 Å². The number of halogens is 5. The Balaban J connectivity index is 2.25. The van der Waals surface area contributed by atoms with Crippen molar-refractivity contribution in [2.75, 3.05) is 5.75 Å². The summed E-state index contributed by atoms with van der Waals surface area (Å²) < 4.78 is 65.9. The fourth-order valence-electron chi connectivity index (χ4n) is 2.31. The molecule has 0 aliphatic carbocycles. The lowest BCUT2D eigenvalue weighted by molar-refractivity contribution is -0.274. The number of hydrogen-bond donors (Lipinski definition) is 1. The highest BCUT2D eigenvalue weighted by molar-refractivity contribution is 9.10. The van der Waals surface area contributed by atoms with Crippen LogP contribution >= 0.6 is 27.5 Å². The second-order valence-electron chi connectivity index (χ2n) is 5.56. The van der Waals surface area contributed by atoms with Crippen molar-refractivity contribution in [3.8, 4) is 5.75 Å². The molecule has 5 nitrogen and oxygen atoms in total. The van der Waals surface area contributed by atoms with E-state index in [0.717, 1.165) is 12.1 Å². The van der Waals surface area contributed by atoms with Gasteiger partial charge in [0.1, 0.15) is 5.75 Å². The van der Waals surface area contributed by atoms with E-state index in [1.807, 2.05) is 0 Å². The maximum atomic E-state index is 12.4. The van der Waals surface area contributed by atoms with E-state index >= 15 is 0 Å². The second-order valence-corrected chi connectivity index (χ2v) is 9.16. The third-order valence-corrected chi connectivity index (χ3v) is 6.08. The molecule has 0 radical (unpaired) electrons. The third-order valence-electron chi connectivity index (χ3n) is 3.54. The Labute approximate surface area is 172 Å². The predicted octanol–water partition coefficient (Wildman–Crippen LogP) is 4.72. The zero-order valence-electron chi connectivity index (χ0n) is 14.3. The number of nitrogens with one attached hydrogen (secondary N) is 1. The molecule has 0 bridgehead atoms. The topological polar surface area (TPSA) is 72.5 Å². The second kappa shape index (κ2) is 8.71. The van der Waals surface area contributed by atoms with Crippen molar-refractivity contribution in [1.29, 1.82) is 0 Å². The van der Waals surface area contributed by atoms with Crippen LogP contribution in [0.1, 0.15) is 22.8 Å². The molecule has 0 heterocycles. The minimum Gasteiger partial charge on any atom is -0.406 e. The molecule has 0 spiro atoms. The van der Waals surface area contributed by atoms with Gasteiger partial charge in [-0.3, -0.25) is 4.79 Å². The van der Waals surface area contributed by atoms with Gasteiger partial charge >= 0.3 is 6.36 Å². The van der Waals surface area contributed by atoms with E-state index in [4.69, 9.17) is 11.6 Å². The molecule has 0 saturated carbocycles. The molecule has 1 N–H and O–H groups in total. The Morgan fingerprint density at radius 3 is 2.50 bits per heavy atom. The summed E-state index contributed by atoms with van der Waals surface area (Å²) in [6, 6.07) is 7.50. The van der Waals surface area contributed by atoms with E-state index < -0.39 is 27.9 Å². The number of hydrogen-bond acceptors (Lipinski definition) is 4. The standard InChI is InChI=1S/C17H14BrClF3NO4S/c1-2-28(25,26)15-4-3-12(18)5-11(15)9-23-16(24)10-6-13(19)8-14(7-10)27-17(20,21)22/h3-8H,2,9H2,1H3,(H,23,24). The highest BCUT2D eigenvalue weighted by Gasteiger charge is 2.31. The number of amides is 1. The zero-order valence-corrected chi connectivity index (χ0v) is 17.5. The number of carbonyl (C=O) groups excluding carboxylic acids is 1. The Morgan fingerprint density at radius 2 is 1.89 bits per heavy atom. The molecule has 2 aromatic rings. The number of alkyl halides is 3. The van der Waals surface area contributed by atoms with Gasteiger partial charge in [0, 0.05) is 21.6 Å². The molecule has 0 aliphatic heterocycles. The first-order valence-corrected chi connectivity index (χ1v) is 10.6. The molecule has 0 aliphatic rings. The van der Waals surface area contributed by atoms with E-state index in [1.165, 1.54) is 19.1 Å². The largest absolute Gasteiger partial charge is 0.573 e. The SMILES string of the molecule is CCS(=O)(=O)c1ccc(Br)cc1CNC(=O)c1cc(Cl)cc(OC(F)(F)F)c1. The first kappa shape index (κ1) is 22.5. The van der Waals surface area contributed by atoms with Crippen LogP contribution in [0.5, 0.6) is 5.75 Å². The molecule has 0 atom stereocenters. The maximum absolute atomic E-state index is 12.4. The quantitative estimate of drug-likeness (QED) is 0.623. The molecule has 2 aromatic carbocycles. The van der Waals surface area contributed by atoms with Crippen LogP contribution in [0.3, 0.4) is 0 Å². The van der Waals surface area contributed by atoms with Crippen LogP contribution in [0, 0.1) is 0 Å². The van der Waals surface area contributed by atoms with Gasteiger partial charge in [-0.05, 0) is 42.0 Å². The van der Waals surface area contributed by atoms with Crippen LogP contribution in [0.4, 0.5) is 13.2 Å². The highest BCUT2D eigenvalue weighted by atomic mass is 79.9. The smallest absolute Gasteiger partial charge is 0.406 e. The molecule has 1 amide bonds. The van der Waals surface area contributed by atoms with Gasteiger partial charge in [0.25, 0.3) is 5.91 Å². The lowest BCUT2D eigenvalue weighted by Crippen LogP contribution is -2.24. The van der Waals surface area contributed by atoms with Crippen molar-refractivity contribution in [3.63, 3.8) is 0 Å². The monoisotopic (exact) mass is 499 g/mol. The summed E-state index contributed by atoms with van der Waals surface area (Å²) in [6.45, 7) is 1.34. The Kier molecular flexibility index (Phi) is 7.00. The van der Waals surface area contributed by atoms with Crippen LogP contribution in [0.15, 0.2) is 45.8 Å². The van der Waals surface area contributed by atoms with Gasteiger partial charge in [-0.15, -0.1) is 13.2 Å². The van der Waals surface area contributed by atoms with Crippen molar-refractivity contribution in [2.24, 2.45) is 0 Å². The lowest BCUT2D eigenvalue weighted by atomic mass is 10.2. The molecule has 28 heavy (non-hydrogen) atoms. The minimum atomic E-state index is -4.93. The number of carbonyl (C=O) groups is 1. The van der Waals surface area contributed by atoms with Crippen LogP contribution in [0.25, 0.3) is 0 Å². The summed E-state index contributed by atoms with van der Waals surface area (Å²) >= 11 is 8.99. The first-order valence-electron chi connectivity index (χ1n) is 7.77. The van der Waals surface area contributed by atoms with Gasteiger partial charge in [0.2, 0.25) is 0 Å². The van der Waals surface area contributed by atoms with Crippen LogP contribution in [0.2, 0.25) is 5.02 Å². The molecule has 0 saturated heterocycles. The number of ether oxygens (including phenoxy) is 1. The zero-order chi connectivity index (χ0) is 21.1. The van der Waals surface area contributed by atoms with Gasteiger partial charge in [-0.2, -0.15) is 0 Å². The van der Waals surface area contributed by atoms with E-state index in [-0.39, 0.29) is 27.8 Å². The van der Waals surface area contributed by atoms with Gasteiger partial charge in [-0.25, -0.2) is 8.42 Å². The Morgan fingerprint density at radius 1 is 1.21 bits per heavy atom. The van der Waals surface area contributed by atoms with E-state index in [0.29, 0.717) is 10.0 Å². The average molecular weight is 501 g/mol. The number of sulfone groups is 1. The lowest BCUT2D eigenvalue weighted by Gasteiger charge is -2.13. The summed E-state index contributed by atoms with van der Waals surface area (Å²) in [7, 11) is -3.53. The summed E-state index contributed by atoms with van der Waals surface area (Å²) in [5, 5.41) is 2.36. The number of rotatable bonds is 6. The molecule has 0 fully saturated rings. The molecule has 0 aromatic heterocycles. The van der Waals surface area contributed by atoms with Gasteiger partial charge in [0.05, 0.1) is 10.6 Å². The average Bonchev–Trinajstić information content (AvgIpc) is 2.57. The van der Waals surface area contributed by atoms with Gasteiger partial charge < -0.3 is 10.1 Å². The molecule has 0 unspecified atom stereocenters. The van der Waals surface area contributed by atoms with E-state index in [9.17, 15) is 26.4 Å². The Bertz CT molecular complexity index is 996. The van der Waals surface area contributed by atoms with Crippen molar-refractivity contribution in [3.05, 3.63) is 57.0 Å². The molecular weight excluding hydrogens is 487 g/mol. The fraction of sp³-hybridized carbons (Fsp3) is 0.235. The molecule has 152 valence electrons. The summed E-state index contributed by atoms with van der Waals surface area (Å²) in [6.07, 6.45) is -4.93. The van der Waals surface area contributed by atoms with Gasteiger partial charge in [0.15, 0.2) is 9.84 Å². The van der Waals surface area contributed by atoms with Crippen molar-refractivity contribution in [1.82, 2.24) is 5.32 Å². The molecule has 11 heteroatoms. The fourth-order valence-corrected chi connectivity index (χ4v) is 4.06. The van der Waals surface area contributed by atoms with Crippen LogP contribution < -0.4 is 10.1 Å². The van der Waals surface area contributed by atoms with E-state index in [2.05, 4.69) is 26.0 Å². The maximum Gasteiger partial charge on any atom is 0.573 e. The predicted molar refractivity (Wildman–Crippen MR) is 101 cm³/mol. The summed E-state index contributed by atoms with van der Waals surface area (Å²) in [5.74, 6) is -1.50. The third kappa shape index (κ3) is 6.11. The summed E-state index contributed by atoms with van der Waals surface area (Å²) in [5.41, 5.74) is 0.167. The minimum absolute atomic E-state index is 0.0608. The summed E-state index contributed by atoms with van der Waals surface area (Å²) in [4.78, 5) is 12.4.